The van der Waals surface area contributed by atoms with Crippen LogP contribution in [-0.2, 0) is 16.6 Å². The van der Waals surface area contributed by atoms with E-state index in [2.05, 4.69) is 17.0 Å². The molecular weight excluding hydrogens is 480 g/mol. The summed E-state index contributed by atoms with van der Waals surface area (Å²) < 4.78 is 40.4. The van der Waals surface area contributed by atoms with E-state index in [-0.39, 0.29) is 4.21 Å². The third kappa shape index (κ3) is 6.37. The standard InChI is InChI=1S/C27H34N2O4S2/c1-19(16-20-8-4-5-9-20)28-18-21-10-6-7-11-24(21)29-35(30,31)27-15-14-26(34-27)23-17-22(32-2)12-13-25(23)33-3/h6-7,10-15,17,19-20,28-29H,4-5,8-9,16,18H2,1-3H3/t19-/m0/s1. The number of sulfonamides is 1. The summed E-state index contributed by atoms with van der Waals surface area (Å²) >= 11 is 1.20. The molecule has 4 rings (SSSR count). The minimum Gasteiger partial charge on any atom is -0.497 e. The van der Waals surface area contributed by atoms with E-state index < -0.39 is 10.0 Å². The second kappa shape index (κ2) is 11.5. The van der Waals surface area contributed by atoms with E-state index >= 15 is 0 Å². The van der Waals surface area contributed by atoms with E-state index in [0.29, 0.717) is 29.8 Å². The lowest BCUT2D eigenvalue weighted by molar-refractivity contribution is 0.404. The molecule has 1 heterocycles. The van der Waals surface area contributed by atoms with Crippen molar-refractivity contribution in [3.63, 3.8) is 0 Å². The second-order valence-electron chi connectivity index (χ2n) is 9.12. The minimum absolute atomic E-state index is 0.245. The van der Waals surface area contributed by atoms with Gasteiger partial charge in [0.05, 0.1) is 19.9 Å². The molecule has 2 N–H and O–H groups in total. The van der Waals surface area contributed by atoms with Crippen LogP contribution in [0.15, 0.2) is 58.8 Å². The Balaban J connectivity index is 1.48. The summed E-state index contributed by atoms with van der Waals surface area (Å²) in [5.74, 6) is 2.15. The Bertz CT molecular complexity index is 1230. The summed E-state index contributed by atoms with van der Waals surface area (Å²) in [4.78, 5) is 0.789. The molecule has 1 aliphatic rings. The van der Waals surface area contributed by atoms with E-state index in [1.165, 1.54) is 43.4 Å². The number of ether oxygens (including phenoxy) is 2. The Kier molecular flexibility index (Phi) is 8.36. The van der Waals surface area contributed by atoms with Gasteiger partial charge in [0.1, 0.15) is 15.7 Å². The van der Waals surface area contributed by atoms with E-state index in [4.69, 9.17) is 9.47 Å². The van der Waals surface area contributed by atoms with Crippen molar-refractivity contribution in [2.24, 2.45) is 5.92 Å². The average Bonchev–Trinajstić information content (AvgIpc) is 3.56. The number of benzene rings is 2. The highest BCUT2D eigenvalue weighted by Gasteiger charge is 2.21. The lowest BCUT2D eigenvalue weighted by Gasteiger charge is -2.19. The van der Waals surface area contributed by atoms with Crippen molar-refractivity contribution in [2.45, 2.75) is 55.8 Å². The van der Waals surface area contributed by atoms with Gasteiger partial charge in [0.2, 0.25) is 0 Å². The molecule has 1 aliphatic carbocycles. The van der Waals surface area contributed by atoms with Gasteiger partial charge in [-0.1, -0.05) is 43.9 Å². The number of para-hydroxylation sites is 1. The molecule has 0 bridgehead atoms. The molecule has 8 heteroatoms. The molecule has 0 saturated heterocycles. The largest absolute Gasteiger partial charge is 0.497 e. The van der Waals surface area contributed by atoms with Crippen LogP contribution >= 0.6 is 11.3 Å². The van der Waals surface area contributed by atoms with E-state index in [0.717, 1.165) is 21.9 Å². The van der Waals surface area contributed by atoms with Crippen molar-refractivity contribution in [3.05, 3.63) is 60.2 Å². The summed E-state index contributed by atoms with van der Waals surface area (Å²) in [7, 11) is -0.553. The zero-order valence-electron chi connectivity index (χ0n) is 20.5. The Morgan fingerprint density at radius 2 is 1.80 bits per heavy atom. The first kappa shape index (κ1) is 25.5. The van der Waals surface area contributed by atoms with Crippen LogP contribution in [-0.4, -0.2) is 28.7 Å². The molecule has 35 heavy (non-hydrogen) atoms. The zero-order valence-corrected chi connectivity index (χ0v) is 22.2. The fraction of sp³-hybridized carbons (Fsp3) is 0.407. The van der Waals surface area contributed by atoms with Gasteiger partial charge in [0.25, 0.3) is 10.0 Å². The van der Waals surface area contributed by atoms with Gasteiger partial charge >= 0.3 is 0 Å². The fourth-order valence-corrected chi connectivity index (χ4v) is 7.13. The molecule has 0 aliphatic heterocycles. The first-order chi connectivity index (χ1) is 16.9. The van der Waals surface area contributed by atoms with Crippen LogP contribution in [0.1, 0.15) is 44.6 Å². The van der Waals surface area contributed by atoms with Crippen LogP contribution in [0.3, 0.4) is 0 Å². The lowest BCUT2D eigenvalue weighted by atomic mass is 9.99. The average molecular weight is 515 g/mol. The number of hydrogen-bond donors (Lipinski definition) is 2. The molecule has 0 amide bonds. The van der Waals surface area contributed by atoms with Gasteiger partial charge in [-0.15, -0.1) is 11.3 Å². The zero-order chi connectivity index (χ0) is 24.8. The molecule has 1 fully saturated rings. The van der Waals surface area contributed by atoms with Crippen molar-refractivity contribution in [2.75, 3.05) is 18.9 Å². The quantitative estimate of drug-likeness (QED) is 0.314. The lowest BCUT2D eigenvalue weighted by Crippen LogP contribution is -2.28. The van der Waals surface area contributed by atoms with Gasteiger partial charge in [-0.3, -0.25) is 4.72 Å². The maximum Gasteiger partial charge on any atom is 0.271 e. The maximum atomic E-state index is 13.3. The summed E-state index contributed by atoms with van der Waals surface area (Å²) in [5, 5.41) is 3.58. The topological polar surface area (TPSA) is 76.7 Å². The Morgan fingerprint density at radius 3 is 2.54 bits per heavy atom. The molecular formula is C27H34N2O4S2. The van der Waals surface area contributed by atoms with Crippen LogP contribution in [0.4, 0.5) is 5.69 Å². The molecule has 188 valence electrons. The van der Waals surface area contributed by atoms with Crippen molar-refractivity contribution in [3.8, 4) is 21.9 Å². The Hall–Kier alpha value is -2.55. The smallest absolute Gasteiger partial charge is 0.271 e. The molecule has 1 aromatic heterocycles. The number of anilines is 1. The van der Waals surface area contributed by atoms with Crippen molar-refractivity contribution in [1.82, 2.24) is 5.32 Å². The van der Waals surface area contributed by atoms with Crippen LogP contribution in [0.5, 0.6) is 11.5 Å². The third-order valence-corrected chi connectivity index (χ3v) is 9.56. The maximum absolute atomic E-state index is 13.3. The molecule has 6 nitrogen and oxygen atoms in total. The number of hydrogen-bond acceptors (Lipinski definition) is 6. The minimum atomic E-state index is -3.75. The van der Waals surface area contributed by atoms with Crippen molar-refractivity contribution < 1.29 is 17.9 Å². The third-order valence-electron chi connectivity index (χ3n) is 6.58. The highest BCUT2D eigenvalue weighted by atomic mass is 32.2. The number of thiophene rings is 1. The van der Waals surface area contributed by atoms with Gasteiger partial charge in [0, 0.05) is 23.0 Å². The van der Waals surface area contributed by atoms with Crippen molar-refractivity contribution in [1.29, 1.82) is 0 Å². The SMILES string of the molecule is COc1ccc(OC)c(-c2ccc(S(=O)(=O)Nc3ccccc3CN[C@@H](C)CC3CCCC3)s2)c1. The molecule has 0 spiro atoms. The van der Waals surface area contributed by atoms with Gasteiger partial charge in [-0.2, -0.15) is 0 Å². The predicted molar refractivity (Wildman–Crippen MR) is 143 cm³/mol. The number of rotatable bonds is 11. The summed E-state index contributed by atoms with van der Waals surface area (Å²) in [6.07, 6.45) is 6.51. The van der Waals surface area contributed by atoms with Crippen LogP contribution in [0, 0.1) is 5.92 Å². The van der Waals surface area contributed by atoms with Gasteiger partial charge in [-0.25, -0.2) is 8.42 Å². The van der Waals surface area contributed by atoms with Crippen LogP contribution in [0.25, 0.3) is 10.4 Å². The van der Waals surface area contributed by atoms with Crippen molar-refractivity contribution >= 4 is 27.0 Å². The second-order valence-corrected chi connectivity index (χ2v) is 12.1. The van der Waals surface area contributed by atoms with Gasteiger partial charge < -0.3 is 14.8 Å². The molecule has 0 unspecified atom stereocenters. The summed E-state index contributed by atoms with van der Waals surface area (Å²) in [6.45, 7) is 2.83. The highest BCUT2D eigenvalue weighted by Crippen LogP contribution is 2.39. The molecule has 0 radical (unpaired) electrons. The van der Waals surface area contributed by atoms with Crippen LogP contribution in [0.2, 0.25) is 0 Å². The first-order valence-corrected chi connectivity index (χ1v) is 14.4. The van der Waals surface area contributed by atoms with Gasteiger partial charge in [-0.05, 0) is 61.2 Å². The van der Waals surface area contributed by atoms with E-state index in [9.17, 15) is 8.42 Å². The van der Waals surface area contributed by atoms with E-state index in [1.54, 1.807) is 26.4 Å². The molecule has 1 saturated carbocycles. The normalized spacial score (nSPS) is 15.2. The highest BCUT2D eigenvalue weighted by molar-refractivity contribution is 7.94. The predicted octanol–water partition coefficient (Wildman–Crippen LogP) is 6.29. The Morgan fingerprint density at radius 1 is 1.03 bits per heavy atom. The van der Waals surface area contributed by atoms with Gasteiger partial charge in [0.15, 0.2) is 0 Å². The summed E-state index contributed by atoms with van der Waals surface area (Å²) in [6, 6.07) is 16.9. The molecule has 2 aromatic carbocycles. The monoisotopic (exact) mass is 514 g/mol. The Labute approximate surface area is 212 Å². The molecule has 1 atom stereocenters. The van der Waals surface area contributed by atoms with Crippen LogP contribution < -0.4 is 19.5 Å². The van der Waals surface area contributed by atoms with E-state index in [1.807, 2.05) is 42.5 Å². The summed E-state index contributed by atoms with van der Waals surface area (Å²) in [5.41, 5.74) is 2.32. The fourth-order valence-electron chi connectivity index (χ4n) is 4.70. The number of methoxy groups -OCH3 is 2. The molecule has 3 aromatic rings. The number of nitrogens with one attached hydrogen (secondary N) is 2. The first-order valence-electron chi connectivity index (χ1n) is 12.1.